The van der Waals surface area contributed by atoms with Crippen LogP contribution in [0.3, 0.4) is 0 Å². The molecule has 16 heavy (non-hydrogen) atoms. The van der Waals surface area contributed by atoms with Gasteiger partial charge in [-0.25, -0.2) is 4.98 Å². The van der Waals surface area contributed by atoms with Crippen LogP contribution in [0.4, 0.5) is 0 Å². The van der Waals surface area contributed by atoms with E-state index in [9.17, 15) is 0 Å². The summed E-state index contributed by atoms with van der Waals surface area (Å²) in [6.45, 7) is 13.3. The third-order valence-corrected chi connectivity index (χ3v) is 4.05. The van der Waals surface area contributed by atoms with Crippen LogP contribution in [-0.2, 0) is 6.54 Å². The van der Waals surface area contributed by atoms with Gasteiger partial charge in [0.15, 0.2) is 0 Å². The van der Waals surface area contributed by atoms with Crippen LogP contribution in [0.1, 0.15) is 35.8 Å². The molecule has 2 unspecified atom stereocenters. The molecule has 0 fully saturated rings. The maximum atomic E-state index is 4.43. The summed E-state index contributed by atoms with van der Waals surface area (Å²) in [4.78, 5) is 5.79. The van der Waals surface area contributed by atoms with Crippen molar-refractivity contribution in [3.8, 4) is 0 Å². The second-order valence-electron chi connectivity index (χ2n) is 4.41. The van der Waals surface area contributed by atoms with E-state index >= 15 is 0 Å². The van der Waals surface area contributed by atoms with Gasteiger partial charge in [0.25, 0.3) is 0 Å². The zero-order valence-corrected chi connectivity index (χ0v) is 11.5. The van der Waals surface area contributed by atoms with Gasteiger partial charge >= 0.3 is 0 Å². The fourth-order valence-electron chi connectivity index (χ4n) is 1.66. The number of aryl methyl sites for hydroxylation is 2. The van der Waals surface area contributed by atoms with Crippen molar-refractivity contribution < 1.29 is 0 Å². The Morgan fingerprint density at radius 2 is 2.12 bits per heavy atom. The van der Waals surface area contributed by atoms with E-state index in [4.69, 9.17) is 0 Å². The lowest BCUT2D eigenvalue weighted by molar-refractivity contribution is 0.403. The summed E-state index contributed by atoms with van der Waals surface area (Å²) >= 11 is 1.79. The number of nitrogens with zero attached hydrogens (tertiary/aromatic N) is 1. The molecule has 0 bridgehead atoms. The molecule has 1 heterocycles. The highest BCUT2D eigenvalue weighted by Crippen LogP contribution is 2.17. The third-order valence-electron chi connectivity index (χ3n) is 2.98. The van der Waals surface area contributed by atoms with Gasteiger partial charge in [-0.15, -0.1) is 17.9 Å². The average molecular weight is 238 g/mol. The minimum atomic E-state index is 0.514. The maximum absolute atomic E-state index is 4.43. The Labute approximate surface area is 103 Å². The highest BCUT2D eigenvalue weighted by molar-refractivity contribution is 7.11. The number of hydrogen-bond donors (Lipinski definition) is 1. The van der Waals surface area contributed by atoms with E-state index in [-0.39, 0.29) is 0 Å². The summed E-state index contributed by atoms with van der Waals surface area (Å²) in [6.07, 6.45) is 3.06. The SMILES string of the molecule is C=CCC(C)C(C)NCc1sc(C)nc1C. The molecule has 1 aromatic rings. The third kappa shape index (κ3) is 3.72. The van der Waals surface area contributed by atoms with Crippen molar-refractivity contribution in [1.29, 1.82) is 0 Å². The van der Waals surface area contributed by atoms with E-state index in [1.54, 1.807) is 11.3 Å². The lowest BCUT2D eigenvalue weighted by atomic mass is 10.00. The fraction of sp³-hybridized carbons (Fsp3) is 0.615. The molecule has 0 saturated carbocycles. The van der Waals surface area contributed by atoms with Gasteiger partial charge in [0.05, 0.1) is 10.7 Å². The van der Waals surface area contributed by atoms with Crippen molar-refractivity contribution in [3.05, 3.63) is 28.2 Å². The summed E-state index contributed by atoms with van der Waals surface area (Å²) in [7, 11) is 0. The molecule has 2 nitrogen and oxygen atoms in total. The molecule has 2 atom stereocenters. The molecule has 0 aliphatic rings. The van der Waals surface area contributed by atoms with Gasteiger partial charge in [0.1, 0.15) is 0 Å². The number of rotatable bonds is 6. The van der Waals surface area contributed by atoms with Crippen LogP contribution in [0.5, 0.6) is 0 Å². The molecule has 1 rings (SSSR count). The summed E-state index contributed by atoms with van der Waals surface area (Å²) < 4.78 is 0. The van der Waals surface area contributed by atoms with Crippen molar-refractivity contribution in [2.45, 2.75) is 46.7 Å². The van der Waals surface area contributed by atoms with Gasteiger partial charge in [-0.3, -0.25) is 0 Å². The van der Waals surface area contributed by atoms with Crippen molar-refractivity contribution in [1.82, 2.24) is 10.3 Å². The zero-order valence-electron chi connectivity index (χ0n) is 10.7. The van der Waals surface area contributed by atoms with Crippen LogP contribution in [0, 0.1) is 19.8 Å². The van der Waals surface area contributed by atoms with Crippen LogP contribution < -0.4 is 5.32 Å². The molecule has 0 saturated heterocycles. The number of hydrogen-bond acceptors (Lipinski definition) is 3. The quantitative estimate of drug-likeness (QED) is 0.768. The molecule has 1 N–H and O–H groups in total. The molecule has 0 aliphatic carbocycles. The van der Waals surface area contributed by atoms with E-state index < -0.39 is 0 Å². The smallest absolute Gasteiger partial charge is 0.0900 e. The van der Waals surface area contributed by atoms with E-state index in [1.807, 2.05) is 6.08 Å². The van der Waals surface area contributed by atoms with Crippen LogP contribution >= 0.6 is 11.3 Å². The van der Waals surface area contributed by atoms with E-state index in [2.05, 4.69) is 44.6 Å². The fourth-order valence-corrected chi connectivity index (χ4v) is 2.55. The minimum absolute atomic E-state index is 0.514. The Morgan fingerprint density at radius 1 is 1.44 bits per heavy atom. The highest BCUT2D eigenvalue weighted by atomic mass is 32.1. The number of nitrogens with one attached hydrogen (secondary N) is 1. The Kier molecular flexibility index (Phi) is 5.16. The molecule has 3 heteroatoms. The molecule has 0 radical (unpaired) electrons. The summed E-state index contributed by atoms with van der Waals surface area (Å²) in [5.41, 5.74) is 1.17. The van der Waals surface area contributed by atoms with Gasteiger partial charge in [-0.2, -0.15) is 0 Å². The largest absolute Gasteiger partial charge is 0.309 e. The van der Waals surface area contributed by atoms with Crippen LogP contribution in [0.2, 0.25) is 0 Å². The van der Waals surface area contributed by atoms with Crippen molar-refractivity contribution >= 4 is 11.3 Å². The lowest BCUT2D eigenvalue weighted by Crippen LogP contribution is -2.31. The molecule has 90 valence electrons. The topological polar surface area (TPSA) is 24.9 Å². The molecule has 0 amide bonds. The zero-order chi connectivity index (χ0) is 12.1. The van der Waals surface area contributed by atoms with Gasteiger partial charge in [0, 0.05) is 17.5 Å². The van der Waals surface area contributed by atoms with Crippen LogP contribution in [0.15, 0.2) is 12.7 Å². The first-order chi connectivity index (χ1) is 7.54. The number of allylic oxidation sites excluding steroid dienone is 1. The van der Waals surface area contributed by atoms with Gasteiger partial charge < -0.3 is 5.32 Å². The Morgan fingerprint density at radius 3 is 2.62 bits per heavy atom. The minimum Gasteiger partial charge on any atom is -0.309 e. The highest BCUT2D eigenvalue weighted by Gasteiger charge is 2.11. The van der Waals surface area contributed by atoms with Crippen LogP contribution in [0.25, 0.3) is 0 Å². The van der Waals surface area contributed by atoms with E-state index in [0.717, 1.165) is 18.0 Å². The molecular formula is C13H22N2S. The predicted octanol–water partition coefficient (Wildman–Crippen LogP) is 3.45. The summed E-state index contributed by atoms with van der Waals surface area (Å²) in [5, 5.41) is 4.71. The van der Waals surface area contributed by atoms with Gasteiger partial charge in [-0.05, 0) is 33.1 Å². The molecule has 1 aromatic heterocycles. The van der Waals surface area contributed by atoms with Crippen molar-refractivity contribution in [2.24, 2.45) is 5.92 Å². The Hall–Kier alpha value is -0.670. The normalized spacial score (nSPS) is 14.8. The first kappa shape index (κ1) is 13.4. The molecular weight excluding hydrogens is 216 g/mol. The first-order valence-corrected chi connectivity index (χ1v) is 6.63. The monoisotopic (exact) mass is 238 g/mol. The molecule has 0 aliphatic heterocycles. The average Bonchev–Trinajstić information content (AvgIpc) is 2.54. The van der Waals surface area contributed by atoms with E-state index in [1.165, 1.54) is 10.6 Å². The van der Waals surface area contributed by atoms with E-state index in [0.29, 0.717) is 12.0 Å². The predicted molar refractivity (Wildman–Crippen MR) is 71.9 cm³/mol. The standard InChI is InChI=1S/C13H22N2S/c1-6-7-9(2)10(3)14-8-13-11(4)15-12(5)16-13/h6,9-10,14H,1,7-8H2,2-5H3. The molecule has 0 spiro atoms. The summed E-state index contributed by atoms with van der Waals surface area (Å²) in [5.74, 6) is 0.631. The second-order valence-corrected chi connectivity index (χ2v) is 5.70. The first-order valence-electron chi connectivity index (χ1n) is 5.81. The second kappa shape index (κ2) is 6.16. The maximum Gasteiger partial charge on any atom is 0.0900 e. The Balaban J connectivity index is 2.45. The van der Waals surface area contributed by atoms with Crippen LogP contribution in [-0.4, -0.2) is 11.0 Å². The van der Waals surface area contributed by atoms with Gasteiger partial charge in [-0.1, -0.05) is 13.0 Å². The number of aromatic nitrogens is 1. The van der Waals surface area contributed by atoms with Crippen molar-refractivity contribution in [2.75, 3.05) is 0 Å². The Bertz CT molecular complexity index is 344. The van der Waals surface area contributed by atoms with Gasteiger partial charge in [0.2, 0.25) is 0 Å². The lowest BCUT2D eigenvalue weighted by Gasteiger charge is -2.19. The van der Waals surface area contributed by atoms with Crippen molar-refractivity contribution in [3.63, 3.8) is 0 Å². The number of thiazole rings is 1. The summed E-state index contributed by atoms with van der Waals surface area (Å²) in [6, 6.07) is 0.514. The molecule has 0 aromatic carbocycles.